The maximum Gasteiger partial charge on any atom is 0.145 e. The summed E-state index contributed by atoms with van der Waals surface area (Å²) in [5.41, 5.74) is 7.89. The lowest BCUT2D eigenvalue weighted by molar-refractivity contribution is 0.476. The first-order chi connectivity index (χ1) is 7.09. The molecule has 78 valence electrons. The van der Waals surface area contributed by atoms with E-state index in [2.05, 4.69) is 26.1 Å². The summed E-state index contributed by atoms with van der Waals surface area (Å²) < 4.78 is 0.934. The first kappa shape index (κ1) is 10.0. The number of nitrogens with one attached hydrogen (secondary N) is 1. The summed E-state index contributed by atoms with van der Waals surface area (Å²) >= 11 is 3.41. The summed E-state index contributed by atoms with van der Waals surface area (Å²) in [6.07, 6.45) is 0. The standard InChI is InChI=1S/C10H10BrN3O/c1-5-6(11)2-3-8(15)10(5)7-4-9(12)14-13-7/h2-4,15H,1H3,(H3,12,13,14). The van der Waals surface area contributed by atoms with E-state index in [-0.39, 0.29) is 5.75 Å². The molecule has 0 saturated heterocycles. The fourth-order valence-electron chi connectivity index (χ4n) is 1.48. The molecule has 0 aliphatic carbocycles. The predicted octanol–water partition coefficient (Wildman–Crippen LogP) is 2.44. The molecule has 1 aromatic carbocycles. The van der Waals surface area contributed by atoms with Gasteiger partial charge >= 0.3 is 0 Å². The van der Waals surface area contributed by atoms with Crippen LogP contribution in [0.3, 0.4) is 0 Å². The number of hydrogen-bond donors (Lipinski definition) is 3. The van der Waals surface area contributed by atoms with Gasteiger partial charge in [-0.05, 0) is 24.6 Å². The fourth-order valence-corrected chi connectivity index (χ4v) is 1.81. The van der Waals surface area contributed by atoms with Crippen LogP contribution in [0, 0.1) is 6.92 Å². The minimum absolute atomic E-state index is 0.208. The number of benzene rings is 1. The highest BCUT2D eigenvalue weighted by atomic mass is 79.9. The maximum absolute atomic E-state index is 9.77. The number of H-pyrrole nitrogens is 1. The third-order valence-electron chi connectivity index (χ3n) is 2.24. The Hall–Kier alpha value is -1.49. The van der Waals surface area contributed by atoms with Crippen LogP contribution in [0.15, 0.2) is 22.7 Å². The third kappa shape index (κ3) is 1.70. The molecule has 0 aliphatic heterocycles. The van der Waals surface area contributed by atoms with E-state index in [1.165, 1.54) is 0 Å². The Morgan fingerprint density at radius 1 is 1.47 bits per heavy atom. The van der Waals surface area contributed by atoms with Crippen molar-refractivity contribution in [2.24, 2.45) is 0 Å². The number of nitrogen functional groups attached to an aromatic ring is 1. The van der Waals surface area contributed by atoms with Gasteiger partial charge in [0.05, 0.1) is 5.69 Å². The highest BCUT2D eigenvalue weighted by Gasteiger charge is 2.12. The van der Waals surface area contributed by atoms with Gasteiger partial charge < -0.3 is 10.8 Å². The number of anilines is 1. The van der Waals surface area contributed by atoms with Crippen molar-refractivity contribution in [1.82, 2.24) is 10.2 Å². The first-order valence-corrected chi connectivity index (χ1v) is 5.18. The highest BCUT2D eigenvalue weighted by molar-refractivity contribution is 9.10. The number of nitrogens with two attached hydrogens (primary N) is 1. The second-order valence-electron chi connectivity index (χ2n) is 3.27. The third-order valence-corrected chi connectivity index (χ3v) is 3.10. The highest BCUT2D eigenvalue weighted by Crippen LogP contribution is 2.35. The van der Waals surface area contributed by atoms with Crippen LogP contribution in [-0.2, 0) is 0 Å². The van der Waals surface area contributed by atoms with Crippen molar-refractivity contribution in [1.29, 1.82) is 0 Å². The lowest BCUT2D eigenvalue weighted by atomic mass is 10.0. The van der Waals surface area contributed by atoms with Crippen LogP contribution in [0.2, 0.25) is 0 Å². The average Bonchev–Trinajstić information content (AvgIpc) is 2.59. The molecular formula is C10H10BrN3O. The Labute approximate surface area is 95.3 Å². The normalized spacial score (nSPS) is 10.5. The zero-order chi connectivity index (χ0) is 11.0. The van der Waals surface area contributed by atoms with Crippen LogP contribution in [0.5, 0.6) is 5.75 Å². The van der Waals surface area contributed by atoms with Crippen molar-refractivity contribution >= 4 is 21.7 Å². The maximum atomic E-state index is 9.77. The van der Waals surface area contributed by atoms with Gasteiger partial charge in [-0.3, -0.25) is 5.10 Å². The number of phenols is 1. The van der Waals surface area contributed by atoms with Gasteiger partial charge in [-0.25, -0.2) is 0 Å². The molecule has 1 aromatic heterocycles. The van der Waals surface area contributed by atoms with E-state index in [0.717, 1.165) is 10.0 Å². The number of halogens is 1. The van der Waals surface area contributed by atoms with Crippen LogP contribution in [0.25, 0.3) is 11.3 Å². The lowest BCUT2D eigenvalue weighted by Crippen LogP contribution is -1.86. The summed E-state index contributed by atoms with van der Waals surface area (Å²) in [5.74, 6) is 0.614. The fraction of sp³-hybridized carbons (Fsp3) is 0.100. The van der Waals surface area contributed by atoms with Crippen molar-refractivity contribution in [2.75, 3.05) is 5.73 Å². The van der Waals surface area contributed by atoms with Crippen LogP contribution < -0.4 is 5.73 Å². The number of aromatic amines is 1. The number of hydrogen-bond acceptors (Lipinski definition) is 3. The van der Waals surface area contributed by atoms with E-state index < -0.39 is 0 Å². The zero-order valence-electron chi connectivity index (χ0n) is 8.08. The van der Waals surface area contributed by atoms with E-state index in [4.69, 9.17) is 5.73 Å². The van der Waals surface area contributed by atoms with Gasteiger partial charge in [0.2, 0.25) is 0 Å². The molecule has 0 aliphatic rings. The van der Waals surface area contributed by atoms with E-state index in [1.54, 1.807) is 18.2 Å². The minimum atomic E-state index is 0.208. The van der Waals surface area contributed by atoms with Crippen molar-refractivity contribution in [3.63, 3.8) is 0 Å². The topological polar surface area (TPSA) is 74.9 Å². The summed E-state index contributed by atoms with van der Waals surface area (Å²) in [5, 5.41) is 16.4. The summed E-state index contributed by atoms with van der Waals surface area (Å²) in [7, 11) is 0. The molecule has 0 amide bonds. The molecule has 5 heteroatoms. The molecule has 1 heterocycles. The Bertz CT molecular complexity index is 507. The number of nitrogens with zero attached hydrogens (tertiary/aromatic N) is 1. The Morgan fingerprint density at radius 2 is 2.20 bits per heavy atom. The summed E-state index contributed by atoms with van der Waals surface area (Å²) in [6, 6.07) is 5.12. The Morgan fingerprint density at radius 3 is 2.80 bits per heavy atom. The number of aromatic hydroxyl groups is 1. The first-order valence-electron chi connectivity index (χ1n) is 4.39. The van der Waals surface area contributed by atoms with Gasteiger partial charge in [-0.2, -0.15) is 5.10 Å². The molecule has 0 fully saturated rings. The van der Waals surface area contributed by atoms with Crippen molar-refractivity contribution < 1.29 is 5.11 Å². The number of phenolic OH excluding ortho intramolecular Hbond substituents is 1. The Balaban J connectivity index is 2.66. The van der Waals surface area contributed by atoms with Gasteiger partial charge in [-0.1, -0.05) is 15.9 Å². The minimum Gasteiger partial charge on any atom is -0.507 e. The summed E-state index contributed by atoms with van der Waals surface area (Å²) in [4.78, 5) is 0. The molecule has 2 aromatic rings. The molecule has 0 radical (unpaired) electrons. The van der Waals surface area contributed by atoms with E-state index in [0.29, 0.717) is 17.1 Å². The summed E-state index contributed by atoms with van der Waals surface area (Å²) in [6.45, 7) is 1.91. The Kier molecular flexibility index (Phi) is 2.40. The molecule has 0 saturated carbocycles. The van der Waals surface area contributed by atoms with E-state index in [9.17, 15) is 5.11 Å². The molecule has 15 heavy (non-hydrogen) atoms. The van der Waals surface area contributed by atoms with Crippen LogP contribution in [0.1, 0.15) is 5.56 Å². The number of rotatable bonds is 1. The van der Waals surface area contributed by atoms with Gasteiger partial charge in [0.1, 0.15) is 11.6 Å². The molecular weight excluding hydrogens is 258 g/mol. The monoisotopic (exact) mass is 267 g/mol. The van der Waals surface area contributed by atoms with Gasteiger partial charge in [-0.15, -0.1) is 0 Å². The molecule has 0 unspecified atom stereocenters. The molecule has 0 atom stereocenters. The SMILES string of the molecule is Cc1c(Br)ccc(O)c1-c1cc(N)n[nH]1. The predicted molar refractivity (Wildman–Crippen MR) is 62.5 cm³/mol. The van der Waals surface area contributed by atoms with Crippen LogP contribution in [-0.4, -0.2) is 15.3 Å². The molecule has 0 spiro atoms. The lowest BCUT2D eigenvalue weighted by Gasteiger charge is -2.07. The quantitative estimate of drug-likeness (QED) is 0.743. The second-order valence-corrected chi connectivity index (χ2v) is 4.13. The zero-order valence-corrected chi connectivity index (χ0v) is 9.67. The molecule has 2 rings (SSSR count). The second kappa shape index (κ2) is 3.58. The van der Waals surface area contributed by atoms with Crippen molar-refractivity contribution in [3.05, 3.63) is 28.2 Å². The van der Waals surface area contributed by atoms with Crippen LogP contribution in [0.4, 0.5) is 5.82 Å². The largest absolute Gasteiger partial charge is 0.507 e. The van der Waals surface area contributed by atoms with Gasteiger partial charge in [0.15, 0.2) is 0 Å². The van der Waals surface area contributed by atoms with E-state index in [1.807, 2.05) is 6.92 Å². The average molecular weight is 268 g/mol. The van der Waals surface area contributed by atoms with Crippen LogP contribution >= 0.6 is 15.9 Å². The van der Waals surface area contributed by atoms with Gasteiger partial charge in [0.25, 0.3) is 0 Å². The van der Waals surface area contributed by atoms with Crippen molar-refractivity contribution in [2.45, 2.75) is 6.92 Å². The van der Waals surface area contributed by atoms with E-state index >= 15 is 0 Å². The van der Waals surface area contributed by atoms with Gasteiger partial charge in [0, 0.05) is 16.1 Å². The molecule has 4 N–H and O–H groups in total. The number of aromatic nitrogens is 2. The molecule has 0 bridgehead atoms. The van der Waals surface area contributed by atoms with Crippen molar-refractivity contribution in [3.8, 4) is 17.0 Å². The molecule has 4 nitrogen and oxygen atoms in total. The smallest absolute Gasteiger partial charge is 0.145 e.